The molecule has 1 amide bonds. The fourth-order valence-electron chi connectivity index (χ4n) is 1.28. The highest BCUT2D eigenvalue weighted by Crippen LogP contribution is 2.10. The van der Waals surface area contributed by atoms with Gasteiger partial charge in [0.25, 0.3) is 0 Å². The molecular formula is C12H18N2O. The van der Waals surface area contributed by atoms with Gasteiger partial charge in [0.1, 0.15) is 0 Å². The van der Waals surface area contributed by atoms with E-state index in [9.17, 15) is 4.79 Å². The van der Waals surface area contributed by atoms with Crippen LogP contribution in [0.4, 0.5) is 5.69 Å². The number of hydrogen-bond donors (Lipinski definition) is 1. The minimum absolute atomic E-state index is 0.131. The van der Waals surface area contributed by atoms with Crippen LogP contribution >= 0.6 is 0 Å². The lowest BCUT2D eigenvalue weighted by Crippen LogP contribution is -2.23. The monoisotopic (exact) mass is 206 g/mol. The van der Waals surface area contributed by atoms with E-state index in [1.165, 1.54) is 0 Å². The summed E-state index contributed by atoms with van der Waals surface area (Å²) < 4.78 is 0. The molecule has 0 aliphatic rings. The lowest BCUT2D eigenvalue weighted by Gasteiger charge is -2.10. The van der Waals surface area contributed by atoms with Crippen LogP contribution in [-0.4, -0.2) is 31.4 Å². The molecule has 0 fully saturated rings. The standard InChI is InChI=1S/C12H18N2O/c1-4-13-11-7-5-10(6-8-11)9-12(15)14(2)3/h5-8,13H,4,9H2,1-3H3. The van der Waals surface area contributed by atoms with Crippen molar-refractivity contribution < 1.29 is 4.79 Å². The number of amides is 1. The summed E-state index contributed by atoms with van der Waals surface area (Å²) in [6.45, 7) is 2.97. The van der Waals surface area contributed by atoms with Crippen molar-refractivity contribution in [3.8, 4) is 0 Å². The van der Waals surface area contributed by atoms with Crippen molar-refractivity contribution in [3.63, 3.8) is 0 Å². The summed E-state index contributed by atoms with van der Waals surface area (Å²) in [5.74, 6) is 0.131. The Balaban J connectivity index is 2.60. The van der Waals surface area contributed by atoms with Gasteiger partial charge in [-0.25, -0.2) is 0 Å². The maximum Gasteiger partial charge on any atom is 0.226 e. The van der Waals surface area contributed by atoms with Gasteiger partial charge < -0.3 is 10.2 Å². The van der Waals surface area contributed by atoms with Crippen molar-refractivity contribution in [3.05, 3.63) is 29.8 Å². The Morgan fingerprint density at radius 2 is 1.87 bits per heavy atom. The molecule has 15 heavy (non-hydrogen) atoms. The largest absolute Gasteiger partial charge is 0.385 e. The molecular weight excluding hydrogens is 188 g/mol. The first-order valence-electron chi connectivity index (χ1n) is 5.16. The molecule has 0 aliphatic heterocycles. The molecule has 3 heteroatoms. The predicted molar refractivity (Wildman–Crippen MR) is 63.0 cm³/mol. The summed E-state index contributed by atoms with van der Waals surface area (Å²) in [7, 11) is 3.55. The minimum Gasteiger partial charge on any atom is -0.385 e. The highest BCUT2D eigenvalue weighted by atomic mass is 16.2. The van der Waals surface area contributed by atoms with Crippen LogP contribution in [-0.2, 0) is 11.2 Å². The maximum atomic E-state index is 11.4. The fraction of sp³-hybridized carbons (Fsp3) is 0.417. The van der Waals surface area contributed by atoms with Crippen molar-refractivity contribution in [1.82, 2.24) is 4.90 Å². The quantitative estimate of drug-likeness (QED) is 0.814. The van der Waals surface area contributed by atoms with E-state index >= 15 is 0 Å². The van der Waals surface area contributed by atoms with Crippen molar-refractivity contribution in [1.29, 1.82) is 0 Å². The zero-order chi connectivity index (χ0) is 11.3. The van der Waals surface area contributed by atoms with E-state index in [4.69, 9.17) is 0 Å². The topological polar surface area (TPSA) is 32.3 Å². The second-order valence-corrected chi connectivity index (χ2v) is 3.69. The molecule has 1 aromatic carbocycles. The average molecular weight is 206 g/mol. The number of likely N-dealkylation sites (N-methyl/N-ethyl adjacent to an activating group) is 1. The number of nitrogens with zero attached hydrogens (tertiary/aromatic N) is 1. The summed E-state index contributed by atoms with van der Waals surface area (Å²) in [5.41, 5.74) is 2.15. The van der Waals surface area contributed by atoms with Gasteiger partial charge in [-0.15, -0.1) is 0 Å². The number of carbonyl (C=O) groups excluding carboxylic acids is 1. The number of anilines is 1. The molecule has 0 aliphatic carbocycles. The van der Waals surface area contributed by atoms with Crippen LogP contribution in [0.2, 0.25) is 0 Å². The van der Waals surface area contributed by atoms with Crippen molar-refractivity contribution in [2.24, 2.45) is 0 Å². The molecule has 1 aromatic rings. The Labute approximate surface area is 91.1 Å². The van der Waals surface area contributed by atoms with Crippen LogP contribution in [0.25, 0.3) is 0 Å². The first-order chi connectivity index (χ1) is 7.13. The normalized spacial score (nSPS) is 9.80. The summed E-state index contributed by atoms with van der Waals surface area (Å²) in [6.07, 6.45) is 0.472. The smallest absolute Gasteiger partial charge is 0.226 e. The van der Waals surface area contributed by atoms with Gasteiger partial charge in [-0.3, -0.25) is 4.79 Å². The fourth-order valence-corrected chi connectivity index (χ4v) is 1.28. The second kappa shape index (κ2) is 5.39. The zero-order valence-electron chi connectivity index (χ0n) is 9.58. The third kappa shape index (κ3) is 3.62. The van der Waals surface area contributed by atoms with Gasteiger partial charge in [0, 0.05) is 26.3 Å². The molecule has 1 N–H and O–H groups in total. The van der Waals surface area contributed by atoms with E-state index in [0.717, 1.165) is 17.8 Å². The lowest BCUT2D eigenvalue weighted by molar-refractivity contribution is -0.127. The molecule has 0 bridgehead atoms. The van der Waals surface area contributed by atoms with Gasteiger partial charge >= 0.3 is 0 Å². The Kier molecular flexibility index (Phi) is 4.16. The molecule has 0 saturated carbocycles. The molecule has 82 valence electrons. The van der Waals surface area contributed by atoms with E-state index in [1.807, 2.05) is 24.3 Å². The summed E-state index contributed by atoms with van der Waals surface area (Å²) in [5, 5.41) is 3.22. The zero-order valence-corrected chi connectivity index (χ0v) is 9.58. The molecule has 0 heterocycles. The maximum absolute atomic E-state index is 11.4. The first kappa shape index (κ1) is 11.6. The van der Waals surface area contributed by atoms with Gasteiger partial charge in [0.05, 0.1) is 6.42 Å². The summed E-state index contributed by atoms with van der Waals surface area (Å²) >= 11 is 0. The Bertz CT molecular complexity index is 317. The molecule has 3 nitrogen and oxygen atoms in total. The van der Waals surface area contributed by atoms with Crippen LogP contribution in [0.5, 0.6) is 0 Å². The third-order valence-corrected chi connectivity index (χ3v) is 2.19. The molecule has 0 saturated heterocycles. The highest BCUT2D eigenvalue weighted by Gasteiger charge is 2.04. The van der Waals surface area contributed by atoms with Crippen molar-refractivity contribution in [2.75, 3.05) is 26.0 Å². The SMILES string of the molecule is CCNc1ccc(CC(=O)N(C)C)cc1. The van der Waals surface area contributed by atoms with Crippen LogP contribution in [0.1, 0.15) is 12.5 Å². The Morgan fingerprint density at radius 1 is 1.27 bits per heavy atom. The van der Waals surface area contributed by atoms with E-state index in [0.29, 0.717) is 6.42 Å². The molecule has 0 spiro atoms. The second-order valence-electron chi connectivity index (χ2n) is 3.69. The molecule has 0 unspecified atom stereocenters. The summed E-state index contributed by atoms with van der Waals surface area (Å²) in [4.78, 5) is 13.0. The number of hydrogen-bond acceptors (Lipinski definition) is 2. The van der Waals surface area contributed by atoms with E-state index in [1.54, 1.807) is 19.0 Å². The van der Waals surface area contributed by atoms with Crippen LogP contribution < -0.4 is 5.32 Å². The van der Waals surface area contributed by atoms with Gasteiger partial charge in [-0.05, 0) is 24.6 Å². The van der Waals surface area contributed by atoms with E-state index in [2.05, 4.69) is 12.2 Å². The minimum atomic E-state index is 0.131. The molecule has 1 rings (SSSR count). The van der Waals surface area contributed by atoms with Gasteiger partial charge in [0.15, 0.2) is 0 Å². The van der Waals surface area contributed by atoms with Gasteiger partial charge in [-0.1, -0.05) is 12.1 Å². The first-order valence-corrected chi connectivity index (χ1v) is 5.16. The van der Waals surface area contributed by atoms with E-state index in [-0.39, 0.29) is 5.91 Å². The van der Waals surface area contributed by atoms with Gasteiger partial charge in [0.2, 0.25) is 5.91 Å². The number of carbonyl (C=O) groups is 1. The average Bonchev–Trinajstić information content (AvgIpc) is 2.21. The van der Waals surface area contributed by atoms with Crippen LogP contribution in [0.3, 0.4) is 0 Å². The Morgan fingerprint density at radius 3 is 2.33 bits per heavy atom. The van der Waals surface area contributed by atoms with Crippen LogP contribution in [0, 0.1) is 0 Å². The number of nitrogens with one attached hydrogen (secondary N) is 1. The van der Waals surface area contributed by atoms with Crippen molar-refractivity contribution in [2.45, 2.75) is 13.3 Å². The third-order valence-electron chi connectivity index (χ3n) is 2.19. The lowest BCUT2D eigenvalue weighted by atomic mass is 10.1. The van der Waals surface area contributed by atoms with Crippen molar-refractivity contribution >= 4 is 11.6 Å². The molecule has 0 atom stereocenters. The number of rotatable bonds is 4. The predicted octanol–water partition coefficient (Wildman–Crippen LogP) is 1.75. The number of benzene rings is 1. The Hall–Kier alpha value is -1.51. The molecule has 0 radical (unpaired) electrons. The summed E-state index contributed by atoms with van der Waals surface area (Å²) in [6, 6.07) is 7.97. The van der Waals surface area contributed by atoms with Crippen LogP contribution in [0.15, 0.2) is 24.3 Å². The van der Waals surface area contributed by atoms with E-state index < -0.39 is 0 Å². The molecule has 0 aromatic heterocycles. The van der Waals surface area contributed by atoms with Gasteiger partial charge in [-0.2, -0.15) is 0 Å². The highest BCUT2D eigenvalue weighted by molar-refractivity contribution is 5.78.